The van der Waals surface area contributed by atoms with Crippen molar-refractivity contribution in [2.45, 2.75) is 45.8 Å². The minimum atomic E-state index is -0.433. The van der Waals surface area contributed by atoms with Gasteiger partial charge in [0.1, 0.15) is 5.60 Å². The number of alkyl carbamates (subject to hydrolysis) is 1. The van der Waals surface area contributed by atoms with E-state index in [1.165, 1.54) is 5.56 Å². The number of nitrogens with one attached hydrogen (secondary N) is 1. The molecule has 1 fully saturated rings. The number of rotatable bonds is 4. The first kappa shape index (κ1) is 18.3. The number of amides is 1. The smallest absolute Gasteiger partial charge is 0.407 e. The minimum absolute atomic E-state index is 0.311. The van der Waals surface area contributed by atoms with Crippen molar-refractivity contribution in [3.8, 4) is 0 Å². The van der Waals surface area contributed by atoms with Gasteiger partial charge in [0.25, 0.3) is 0 Å². The van der Waals surface area contributed by atoms with Crippen molar-refractivity contribution in [3.63, 3.8) is 0 Å². The van der Waals surface area contributed by atoms with E-state index in [0.717, 1.165) is 36.9 Å². The van der Waals surface area contributed by atoms with Gasteiger partial charge in [-0.3, -0.25) is 4.90 Å². The Bertz CT molecular complexity index is 520. The molecule has 0 unspecified atom stereocenters. The van der Waals surface area contributed by atoms with Crippen LogP contribution in [0.5, 0.6) is 0 Å². The Kier molecular flexibility index (Phi) is 6.48. The van der Waals surface area contributed by atoms with E-state index in [2.05, 4.69) is 50.4 Å². The quantitative estimate of drug-likeness (QED) is 0.848. The van der Waals surface area contributed by atoms with E-state index in [1.807, 2.05) is 20.8 Å². The molecule has 0 aliphatic carbocycles. The fraction of sp³-hybridized carbons (Fsp3) is 0.611. The van der Waals surface area contributed by atoms with Crippen molar-refractivity contribution in [1.82, 2.24) is 10.2 Å². The molecular formula is C18H27BrN2O2. The maximum atomic E-state index is 11.7. The third-order valence-corrected chi connectivity index (χ3v) is 4.43. The van der Waals surface area contributed by atoms with Gasteiger partial charge < -0.3 is 10.1 Å². The van der Waals surface area contributed by atoms with Gasteiger partial charge in [-0.25, -0.2) is 4.79 Å². The summed E-state index contributed by atoms with van der Waals surface area (Å²) in [6.45, 7) is 9.50. The third-order valence-electron chi connectivity index (χ3n) is 3.94. The van der Waals surface area contributed by atoms with Crippen LogP contribution in [0.3, 0.4) is 0 Å². The van der Waals surface area contributed by atoms with Crippen LogP contribution in [0.2, 0.25) is 0 Å². The van der Waals surface area contributed by atoms with Crippen molar-refractivity contribution in [3.05, 3.63) is 34.3 Å². The number of hydrogen-bond acceptors (Lipinski definition) is 3. The molecule has 2 rings (SSSR count). The van der Waals surface area contributed by atoms with Crippen LogP contribution in [0, 0.1) is 5.92 Å². The molecule has 1 aromatic carbocycles. The van der Waals surface area contributed by atoms with E-state index in [1.54, 1.807) is 0 Å². The van der Waals surface area contributed by atoms with Crippen LogP contribution in [0.4, 0.5) is 4.79 Å². The standard InChI is InChI=1S/C18H27BrN2O2/c1-18(2,3)23-17(22)20-12-14-7-9-21(10-8-14)13-15-5-4-6-16(19)11-15/h4-6,11,14H,7-10,12-13H2,1-3H3,(H,20,22). The summed E-state index contributed by atoms with van der Waals surface area (Å²) in [5, 5.41) is 2.90. The van der Waals surface area contributed by atoms with E-state index in [4.69, 9.17) is 4.74 Å². The summed E-state index contributed by atoms with van der Waals surface area (Å²) in [7, 11) is 0. The fourth-order valence-corrected chi connectivity index (χ4v) is 3.23. The Hall–Kier alpha value is -1.07. The number of carbonyl (C=O) groups excluding carboxylic acids is 1. The summed E-state index contributed by atoms with van der Waals surface area (Å²) >= 11 is 3.52. The fourth-order valence-electron chi connectivity index (χ4n) is 2.78. The maximum Gasteiger partial charge on any atom is 0.407 e. The molecule has 1 heterocycles. The molecule has 0 spiro atoms. The maximum absolute atomic E-state index is 11.7. The summed E-state index contributed by atoms with van der Waals surface area (Å²) < 4.78 is 6.41. The number of ether oxygens (including phenoxy) is 1. The number of likely N-dealkylation sites (tertiary alicyclic amines) is 1. The number of carbonyl (C=O) groups is 1. The Morgan fingerprint density at radius 1 is 1.35 bits per heavy atom. The van der Waals surface area contributed by atoms with Gasteiger partial charge in [0, 0.05) is 17.6 Å². The number of halogens is 1. The molecule has 1 saturated heterocycles. The lowest BCUT2D eigenvalue weighted by Gasteiger charge is -2.32. The summed E-state index contributed by atoms with van der Waals surface area (Å²) in [5.41, 5.74) is 0.905. The van der Waals surface area contributed by atoms with Gasteiger partial charge in [0.05, 0.1) is 0 Å². The minimum Gasteiger partial charge on any atom is -0.444 e. The summed E-state index contributed by atoms with van der Waals surface area (Å²) in [4.78, 5) is 14.2. The Balaban J connectivity index is 1.69. The number of benzene rings is 1. The van der Waals surface area contributed by atoms with Gasteiger partial charge in [-0.05, 0) is 70.3 Å². The summed E-state index contributed by atoms with van der Waals surface area (Å²) in [5.74, 6) is 0.543. The van der Waals surface area contributed by atoms with E-state index in [-0.39, 0.29) is 6.09 Å². The highest BCUT2D eigenvalue weighted by atomic mass is 79.9. The number of nitrogens with zero attached hydrogens (tertiary/aromatic N) is 1. The summed E-state index contributed by atoms with van der Waals surface area (Å²) in [6.07, 6.45) is 1.92. The van der Waals surface area contributed by atoms with Gasteiger partial charge in [0.2, 0.25) is 0 Å². The average Bonchev–Trinajstić information content (AvgIpc) is 2.45. The van der Waals surface area contributed by atoms with Crippen molar-refractivity contribution < 1.29 is 9.53 Å². The van der Waals surface area contributed by atoms with Gasteiger partial charge in [-0.1, -0.05) is 28.1 Å². The van der Waals surface area contributed by atoms with Gasteiger partial charge in [0.15, 0.2) is 0 Å². The van der Waals surface area contributed by atoms with Gasteiger partial charge in [-0.15, -0.1) is 0 Å². The Morgan fingerprint density at radius 2 is 2.04 bits per heavy atom. The molecule has 0 aromatic heterocycles. The molecule has 5 heteroatoms. The highest BCUT2D eigenvalue weighted by Gasteiger charge is 2.21. The molecule has 0 saturated carbocycles. The number of piperidine rings is 1. The SMILES string of the molecule is CC(C)(C)OC(=O)NCC1CCN(Cc2cccc(Br)c2)CC1. The van der Waals surface area contributed by atoms with E-state index in [0.29, 0.717) is 12.5 Å². The first-order valence-electron chi connectivity index (χ1n) is 8.25. The van der Waals surface area contributed by atoms with E-state index < -0.39 is 5.60 Å². The normalized spacial score (nSPS) is 17.0. The molecule has 0 bridgehead atoms. The first-order valence-corrected chi connectivity index (χ1v) is 9.05. The molecule has 23 heavy (non-hydrogen) atoms. The molecular weight excluding hydrogens is 356 g/mol. The zero-order chi connectivity index (χ0) is 16.9. The molecule has 0 radical (unpaired) electrons. The van der Waals surface area contributed by atoms with E-state index >= 15 is 0 Å². The van der Waals surface area contributed by atoms with Crippen LogP contribution in [0.1, 0.15) is 39.2 Å². The van der Waals surface area contributed by atoms with E-state index in [9.17, 15) is 4.79 Å². The molecule has 0 atom stereocenters. The van der Waals surface area contributed by atoms with Crippen LogP contribution < -0.4 is 5.32 Å². The van der Waals surface area contributed by atoms with Crippen molar-refractivity contribution in [1.29, 1.82) is 0 Å². The second kappa shape index (κ2) is 8.15. The van der Waals surface area contributed by atoms with Crippen LogP contribution in [-0.4, -0.2) is 36.2 Å². The highest BCUT2D eigenvalue weighted by Crippen LogP contribution is 2.20. The monoisotopic (exact) mass is 382 g/mol. The van der Waals surface area contributed by atoms with Gasteiger partial charge >= 0.3 is 6.09 Å². The molecule has 1 amide bonds. The van der Waals surface area contributed by atoms with Crippen LogP contribution in [0.15, 0.2) is 28.7 Å². The second-order valence-corrected chi connectivity index (χ2v) is 8.15. The predicted molar refractivity (Wildman–Crippen MR) is 96.4 cm³/mol. The second-order valence-electron chi connectivity index (χ2n) is 7.23. The molecule has 128 valence electrons. The molecule has 1 N–H and O–H groups in total. The third kappa shape index (κ3) is 6.92. The van der Waals surface area contributed by atoms with Crippen LogP contribution >= 0.6 is 15.9 Å². The van der Waals surface area contributed by atoms with Gasteiger partial charge in [-0.2, -0.15) is 0 Å². The lowest BCUT2D eigenvalue weighted by atomic mass is 9.96. The van der Waals surface area contributed by atoms with Crippen LogP contribution in [-0.2, 0) is 11.3 Å². The topological polar surface area (TPSA) is 41.6 Å². The van der Waals surface area contributed by atoms with Crippen molar-refractivity contribution in [2.75, 3.05) is 19.6 Å². The zero-order valence-electron chi connectivity index (χ0n) is 14.3. The number of hydrogen-bond donors (Lipinski definition) is 1. The Morgan fingerprint density at radius 3 is 2.65 bits per heavy atom. The van der Waals surface area contributed by atoms with Crippen molar-refractivity contribution >= 4 is 22.0 Å². The summed E-state index contributed by atoms with van der Waals surface area (Å²) in [6, 6.07) is 8.48. The first-order chi connectivity index (χ1) is 10.8. The lowest BCUT2D eigenvalue weighted by molar-refractivity contribution is 0.0509. The lowest BCUT2D eigenvalue weighted by Crippen LogP contribution is -2.40. The molecule has 1 aliphatic rings. The molecule has 1 aromatic rings. The predicted octanol–water partition coefficient (Wildman–Crippen LogP) is 4.19. The van der Waals surface area contributed by atoms with Crippen molar-refractivity contribution in [2.24, 2.45) is 5.92 Å². The highest BCUT2D eigenvalue weighted by molar-refractivity contribution is 9.10. The Labute approximate surface area is 147 Å². The molecule has 1 aliphatic heterocycles. The zero-order valence-corrected chi connectivity index (χ0v) is 15.9. The molecule has 4 nitrogen and oxygen atoms in total. The largest absolute Gasteiger partial charge is 0.444 e. The van der Waals surface area contributed by atoms with Crippen LogP contribution in [0.25, 0.3) is 0 Å². The average molecular weight is 383 g/mol.